The molecule has 0 aliphatic carbocycles. The molecule has 0 saturated heterocycles. The molecule has 0 saturated carbocycles. The molecule has 0 N–H and O–H groups in total. The number of halogens is 2. The molecule has 128 valence electrons. The average molecular weight is 407 g/mol. The molecule has 3 aromatic rings. The van der Waals surface area contributed by atoms with Gasteiger partial charge in [-0.15, -0.1) is 0 Å². The molecule has 0 aliphatic rings. The predicted octanol–water partition coefficient (Wildman–Crippen LogP) is 4.12. The number of carbonyl (C=O) groups is 1. The molecular weight excluding hydrogens is 395 g/mol. The topological polar surface area (TPSA) is 70.5 Å². The molecular formula is C17H12BrFN2O4. The number of ether oxygens (including phenoxy) is 3. The van der Waals surface area contributed by atoms with Gasteiger partial charge in [0.2, 0.25) is 5.88 Å². The Morgan fingerprint density at radius 2 is 1.92 bits per heavy atom. The van der Waals surface area contributed by atoms with Crippen molar-refractivity contribution in [3.63, 3.8) is 0 Å². The fourth-order valence-electron chi connectivity index (χ4n) is 2.24. The summed E-state index contributed by atoms with van der Waals surface area (Å²) in [6.07, 6.45) is 1.31. The smallest absolute Gasteiger partial charge is 0.341 e. The minimum absolute atomic E-state index is 0.241. The number of benzene rings is 2. The summed E-state index contributed by atoms with van der Waals surface area (Å²) in [6, 6.07) is 7.17. The van der Waals surface area contributed by atoms with E-state index in [1.807, 2.05) is 0 Å². The van der Waals surface area contributed by atoms with Gasteiger partial charge in [0.25, 0.3) is 0 Å². The van der Waals surface area contributed by atoms with Crippen molar-refractivity contribution in [2.24, 2.45) is 0 Å². The number of methoxy groups -OCH3 is 2. The average Bonchev–Trinajstić information content (AvgIpc) is 2.62. The summed E-state index contributed by atoms with van der Waals surface area (Å²) in [6.45, 7) is 0. The first-order chi connectivity index (χ1) is 12.0. The zero-order chi connectivity index (χ0) is 18.0. The van der Waals surface area contributed by atoms with Crippen molar-refractivity contribution in [2.75, 3.05) is 14.2 Å². The third-order valence-corrected chi connectivity index (χ3v) is 4.05. The van der Waals surface area contributed by atoms with E-state index in [1.54, 1.807) is 6.07 Å². The summed E-state index contributed by atoms with van der Waals surface area (Å²) in [7, 11) is 2.72. The number of fused-ring (bicyclic) bond motifs is 1. The molecule has 8 heteroatoms. The molecule has 0 bridgehead atoms. The van der Waals surface area contributed by atoms with Gasteiger partial charge in [-0.1, -0.05) is 0 Å². The molecule has 0 aliphatic heterocycles. The number of nitrogens with zero attached hydrogens (tertiary/aromatic N) is 2. The van der Waals surface area contributed by atoms with Crippen LogP contribution in [0.5, 0.6) is 17.4 Å². The Hall–Kier alpha value is -2.74. The molecule has 3 rings (SSSR count). The van der Waals surface area contributed by atoms with E-state index in [9.17, 15) is 9.18 Å². The maximum atomic E-state index is 13.2. The number of hydrogen-bond acceptors (Lipinski definition) is 6. The van der Waals surface area contributed by atoms with E-state index >= 15 is 0 Å². The van der Waals surface area contributed by atoms with Gasteiger partial charge >= 0.3 is 5.97 Å². The Morgan fingerprint density at radius 3 is 2.60 bits per heavy atom. The second-order valence-electron chi connectivity index (χ2n) is 4.92. The van der Waals surface area contributed by atoms with Crippen molar-refractivity contribution in [3.8, 4) is 17.4 Å². The molecule has 0 atom stereocenters. The second-order valence-corrected chi connectivity index (χ2v) is 5.77. The van der Waals surface area contributed by atoms with Crippen LogP contribution in [-0.4, -0.2) is 30.2 Å². The van der Waals surface area contributed by atoms with Crippen LogP contribution < -0.4 is 9.47 Å². The molecule has 25 heavy (non-hydrogen) atoms. The SMILES string of the molecule is COC(=O)c1cc2ncnc(Oc3ccc(F)cc3Br)c2cc1OC. The maximum Gasteiger partial charge on any atom is 0.341 e. The minimum atomic E-state index is -0.541. The van der Waals surface area contributed by atoms with Crippen LogP contribution in [0, 0.1) is 5.82 Å². The van der Waals surface area contributed by atoms with Gasteiger partial charge < -0.3 is 14.2 Å². The highest BCUT2D eigenvalue weighted by Crippen LogP contribution is 2.35. The van der Waals surface area contributed by atoms with Crippen LogP contribution in [0.4, 0.5) is 4.39 Å². The minimum Gasteiger partial charge on any atom is -0.496 e. The van der Waals surface area contributed by atoms with Crippen LogP contribution in [0.3, 0.4) is 0 Å². The first-order valence-corrected chi connectivity index (χ1v) is 7.86. The quantitative estimate of drug-likeness (QED) is 0.606. The van der Waals surface area contributed by atoms with Gasteiger partial charge in [-0.05, 0) is 46.3 Å². The lowest BCUT2D eigenvalue weighted by Gasteiger charge is -2.12. The summed E-state index contributed by atoms with van der Waals surface area (Å²) in [5, 5.41) is 0.531. The molecule has 1 aromatic heterocycles. The van der Waals surface area contributed by atoms with E-state index in [4.69, 9.17) is 14.2 Å². The highest BCUT2D eigenvalue weighted by molar-refractivity contribution is 9.10. The Balaban J connectivity index is 2.11. The van der Waals surface area contributed by atoms with Crippen LogP contribution >= 0.6 is 15.9 Å². The number of carbonyl (C=O) groups excluding carboxylic acids is 1. The molecule has 1 heterocycles. The zero-order valence-electron chi connectivity index (χ0n) is 13.2. The van der Waals surface area contributed by atoms with Crippen LogP contribution in [0.25, 0.3) is 10.9 Å². The second kappa shape index (κ2) is 7.02. The third kappa shape index (κ3) is 3.39. The highest BCUT2D eigenvalue weighted by Gasteiger charge is 2.17. The fourth-order valence-corrected chi connectivity index (χ4v) is 2.67. The first-order valence-electron chi connectivity index (χ1n) is 7.07. The van der Waals surface area contributed by atoms with Gasteiger partial charge in [-0.2, -0.15) is 0 Å². The van der Waals surface area contributed by atoms with Crippen LogP contribution in [0.2, 0.25) is 0 Å². The largest absolute Gasteiger partial charge is 0.496 e. The monoisotopic (exact) mass is 406 g/mol. The maximum absolute atomic E-state index is 13.2. The summed E-state index contributed by atoms with van der Waals surface area (Å²) in [4.78, 5) is 20.1. The third-order valence-electron chi connectivity index (χ3n) is 3.43. The highest BCUT2D eigenvalue weighted by atomic mass is 79.9. The summed E-state index contributed by atoms with van der Waals surface area (Å²) in [5.74, 6) is -0.00104. The first kappa shape index (κ1) is 17.1. The Morgan fingerprint density at radius 1 is 1.12 bits per heavy atom. The Labute approximate surface area is 150 Å². The lowest BCUT2D eigenvalue weighted by molar-refractivity contribution is 0.0597. The van der Waals surface area contributed by atoms with Crippen LogP contribution in [0.1, 0.15) is 10.4 Å². The summed E-state index contributed by atoms with van der Waals surface area (Å²) in [5.41, 5.74) is 0.717. The Bertz CT molecular complexity index is 965. The standard InChI is InChI=1S/C17H12BrFN2O4/c1-23-15-7-10-13(6-11(15)17(22)24-2)20-8-21-16(10)25-14-4-3-9(19)5-12(14)18/h3-8H,1-2H3. The molecule has 0 amide bonds. The van der Waals surface area contributed by atoms with Crippen molar-refractivity contribution < 1.29 is 23.4 Å². The van der Waals surface area contributed by atoms with E-state index in [-0.39, 0.29) is 11.4 Å². The van der Waals surface area contributed by atoms with Gasteiger partial charge in [0.15, 0.2) is 0 Å². The van der Waals surface area contributed by atoms with Gasteiger partial charge in [0.1, 0.15) is 29.2 Å². The molecule has 6 nitrogen and oxygen atoms in total. The van der Waals surface area contributed by atoms with Crippen molar-refractivity contribution in [1.82, 2.24) is 9.97 Å². The van der Waals surface area contributed by atoms with Gasteiger partial charge in [0.05, 0.1) is 29.6 Å². The molecule has 0 unspecified atom stereocenters. The van der Waals surface area contributed by atoms with Crippen LogP contribution in [-0.2, 0) is 4.74 Å². The number of rotatable bonds is 4. The van der Waals surface area contributed by atoms with Gasteiger partial charge in [0, 0.05) is 0 Å². The Kier molecular flexibility index (Phi) is 4.80. The normalized spacial score (nSPS) is 10.6. The van der Waals surface area contributed by atoms with E-state index < -0.39 is 11.8 Å². The van der Waals surface area contributed by atoms with Crippen molar-refractivity contribution >= 4 is 32.8 Å². The number of hydrogen-bond donors (Lipinski definition) is 0. The molecule has 2 aromatic carbocycles. The molecule has 0 fully saturated rings. The van der Waals surface area contributed by atoms with Gasteiger partial charge in [-0.3, -0.25) is 0 Å². The van der Waals surface area contributed by atoms with Crippen LogP contribution in [0.15, 0.2) is 41.1 Å². The van der Waals surface area contributed by atoms with Gasteiger partial charge in [-0.25, -0.2) is 19.2 Å². The zero-order valence-corrected chi connectivity index (χ0v) is 14.8. The fraction of sp³-hybridized carbons (Fsp3) is 0.118. The lowest BCUT2D eigenvalue weighted by atomic mass is 10.1. The number of esters is 1. The van der Waals surface area contributed by atoms with E-state index in [0.717, 1.165) is 0 Å². The van der Waals surface area contributed by atoms with Crippen molar-refractivity contribution in [3.05, 3.63) is 52.5 Å². The van der Waals surface area contributed by atoms with E-state index in [0.29, 0.717) is 26.9 Å². The summed E-state index contributed by atoms with van der Waals surface area (Å²) < 4.78 is 29.4. The predicted molar refractivity (Wildman–Crippen MR) is 91.6 cm³/mol. The molecule has 0 spiro atoms. The number of aromatic nitrogens is 2. The molecule has 0 radical (unpaired) electrons. The van der Waals surface area contributed by atoms with E-state index in [1.165, 1.54) is 44.8 Å². The summed E-state index contributed by atoms with van der Waals surface area (Å²) >= 11 is 3.24. The van der Waals surface area contributed by atoms with E-state index in [2.05, 4.69) is 25.9 Å². The van der Waals surface area contributed by atoms with Crippen molar-refractivity contribution in [1.29, 1.82) is 0 Å². The lowest BCUT2D eigenvalue weighted by Crippen LogP contribution is -2.05. The van der Waals surface area contributed by atoms with Crippen molar-refractivity contribution in [2.45, 2.75) is 0 Å².